The monoisotopic (exact) mass is 285 g/mol. The van der Waals surface area contributed by atoms with Gasteiger partial charge in [-0.2, -0.15) is 0 Å². The molecule has 4 heteroatoms. The summed E-state index contributed by atoms with van der Waals surface area (Å²) in [5.41, 5.74) is 0.858. The molecule has 4 nitrogen and oxygen atoms in total. The smallest absolute Gasteiger partial charge is 0.211 e. The Bertz CT molecular complexity index is 651. The van der Waals surface area contributed by atoms with Crippen LogP contribution in [0.3, 0.4) is 0 Å². The van der Waals surface area contributed by atoms with Gasteiger partial charge in [-0.1, -0.05) is 56.3 Å². The Morgan fingerprint density at radius 2 is 1.81 bits per heavy atom. The molecule has 0 aromatic heterocycles. The van der Waals surface area contributed by atoms with Crippen LogP contribution in [0, 0.1) is 22.0 Å². The lowest BCUT2D eigenvalue weighted by Gasteiger charge is -2.23. The molecule has 0 radical (unpaired) electrons. The second kappa shape index (κ2) is 6.48. The fourth-order valence-corrected chi connectivity index (χ4v) is 2.76. The predicted octanol–water partition coefficient (Wildman–Crippen LogP) is 3.67. The molecule has 0 unspecified atom stereocenters. The van der Waals surface area contributed by atoms with E-state index in [4.69, 9.17) is 0 Å². The van der Waals surface area contributed by atoms with E-state index in [0.717, 1.165) is 22.6 Å². The summed E-state index contributed by atoms with van der Waals surface area (Å²) in [6.07, 6.45) is 0.855. The second-order valence-electron chi connectivity index (χ2n) is 5.69. The van der Waals surface area contributed by atoms with Crippen LogP contribution in [0.4, 0.5) is 0 Å². The number of hydrogen-bond donors (Lipinski definition) is 0. The fraction of sp³-hybridized carbons (Fsp3) is 0.353. The predicted molar refractivity (Wildman–Crippen MR) is 82.9 cm³/mol. The van der Waals surface area contributed by atoms with Gasteiger partial charge in [-0.15, -0.1) is 0 Å². The van der Waals surface area contributed by atoms with Crippen molar-refractivity contribution in [2.24, 2.45) is 11.8 Å². The summed E-state index contributed by atoms with van der Waals surface area (Å²) in [6.45, 7) is 3.63. The molecule has 0 bridgehead atoms. The van der Waals surface area contributed by atoms with Gasteiger partial charge in [0.1, 0.15) is 6.29 Å². The number of hydrogen-bond acceptors (Lipinski definition) is 3. The molecule has 0 heterocycles. The maximum Gasteiger partial charge on any atom is 0.211 e. The zero-order valence-electron chi connectivity index (χ0n) is 12.2. The molecule has 110 valence electrons. The highest BCUT2D eigenvalue weighted by Gasteiger charge is 2.30. The van der Waals surface area contributed by atoms with Gasteiger partial charge in [0, 0.05) is 10.8 Å². The normalized spacial score (nSPS) is 14.0. The Hall–Kier alpha value is -2.23. The first-order chi connectivity index (χ1) is 10.0. The Labute approximate surface area is 123 Å². The highest BCUT2D eigenvalue weighted by atomic mass is 16.6. The minimum absolute atomic E-state index is 0.0684. The van der Waals surface area contributed by atoms with Gasteiger partial charge in [0.25, 0.3) is 0 Å². The van der Waals surface area contributed by atoms with Crippen LogP contribution in [0.15, 0.2) is 42.5 Å². The lowest BCUT2D eigenvalue weighted by molar-refractivity contribution is -0.484. The van der Waals surface area contributed by atoms with Crippen molar-refractivity contribution in [3.05, 3.63) is 58.1 Å². The third kappa shape index (κ3) is 3.45. The maximum absolute atomic E-state index is 11.4. The second-order valence-corrected chi connectivity index (χ2v) is 5.69. The van der Waals surface area contributed by atoms with Gasteiger partial charge in [-0.25, -0.2) is 0 Å². The van der Waals surface area contributed by atoms with Gasteiger partial charge in [-0.3, -0.25) is 10.1 Å². The Kier molecular flexibility index (Phi) is 4.68. The molecule has 2 rings (SSSR count). The van der Waals surface area contributed by atoms with E-state index in [1.54, 1.807) is 0 Å². The van der Waals surface area contributed by atoms with Crippen molar-refractivity contribution < 1.29 is 9.72 Å². The molecule has 0 saturated carbocycles. The maximum atomic E-state index is 11.4. The van der Waals surface area contributed by atoms with Crippen LogP contribution in [0.5, 0.6) is 0 Å². The summed E-state index contributed by atoms with van der Waals surface area (Å²) in [4.78, 5) is 22.0. The first-order valence-corrected chi connectivity index (χ1v) is 7.08. The lowest BCUT2D eigenvalue weighted by atomic mass is 9.79. The van der Waals surface area contributed by atoms with Gasteiger partial charge in [0.05, 0.1) is 5.92 Å². The average molecular weight is 285 g/mol. The van der Waals surface area contributed by atoms with E-state index in [0.29, 0.717) is 0 Å². The third-order valence-corrected chi connectivity index (χ3v) is 3.94. The summed E-state index contributed by atoms with van der Waals surface area (Å²) in [6, 6.07) is 13.7. The molecule has 0 saturated heterocycles. The highest BCUT2D eigenvalue weighted by Crippen LogP contribution is 2.31. The number of benzene rings is 2. The van der Waals surface area contributed by atoms with Gasteiger partial charge in [0.15, 0.2) is 0 Å². The number of nitrogens with zero attached hydrogens (tertiary/aromatic N) is 1. The third-order valence-electron chi connectivity index (χ3n) is 3.94. The standard InChI is InChI=1S/C17H19NO3/c1-12(2)17(11-19)16(10-18(20)21)15-8-7-13-5-3-4-6-14(13)9-15/h3-9,11-12,16-17H,10H2,1-2H3/t16-,17-/m1/s1. The van der Waals surface area contributed by atoms with E-state index in [9.17, 15) is 14.9 Å². The molecule has 0 N–H and O–H groups in total. The van der Waals surface area contributed by atoms with Crippen molar-refractivity contribution in [2.45, 2.75) is 19.8 Å². The molecule has 0 aliphatic carbocycles. The van der Waals surface area contributed by atoms with Crippen LogP contribution in [0.25, 0.3) is 10.8 Å². The lowest BCUT2D eigenvalue weighted by Crippen LogP contribution is -2.26. The largest absolute Gasteiger partial charge is 0.303 e. The van der Waals surface area contributed by atoms with Gasteiger partial charge in [-0.05, 0) is 22.3 Å². The van der Waals surface area contributed by atoms with Gasteiger partial charge >= 0.3 is 0 Å². The first-order valence-electron chi connectivity index (χ1n) is 7.08. The van der Waals surface area contributed by atoms with Gasteiger partial charge < -0.3 is 4.79 Å². The summed E-state index contributed by atoms with van der Waals surface area (Å²) in [7, 11) is 0. The minimum Gasteiger partial charge on any atom is -0.303 e. The molecule has 0 fully saturated rings. The number of nitro groups is 1. The van der Waals surface area contributed by atoms with E-state index in [2.05, 4.69) is 0 Å². The van der Waals surface area contributed by atoms with Crippen molar-refractivity contribution in [2.75, 3.05) is 6.54 Å². The Balaban J connectivity index is 2.46. The summed E-state index contributed by atoms with van der Waals surface area (Å²) < 4.78 is 0. The minimum atomic E-state index is -0.387. The van der Waals surface area contributed by atoms with Crippen molar-refractivity contribution in [1.82, 2.24) is 0 Å². The van der Waals surface area contributed by atoms with E-state index in [1.807, 2.05) is 56.3 Å². The van der Waals surface area contributed by atoms with Crippen LogP contribution in [0.1, 0.15) is 25.3 Å². The molecule has 2 atom stereocenters. The van der Waals surface area contributed by atoms with Crippen molar-refractivity contribution in [1.29, 1.82) is 0 Å². The number of carbonyl (C=O) groups excluding carboxylic acids is 1. The topological polar surface area (TPSA) is 60.2 Å². The van der Waals surface area contributed by atoms with Crippen molar-refractivity contribution >= 4 is 17.1 Å². The SMILES string of the molecule is CC(C)[C@@H](C=O)[C@H](C[N+](=O)[O-])c1ccc2ccccc2c1. The van der Waals surface area contributed by atoms with E-state index >= 15 is 0 Å². The van der Waals surface area contributed by atoms with E-state index in [-0.39, 0.29) is 29.2 Å². The van der Waals surface area contributed by atoms with Crippen LogP contribution in [-0.2, 0) is 4.79 Å². The Morgan fingerprint density at radius 3 is 2.38 bits per heavy atom. The van der Waals surface area contributed by atoms with E-state index < -0.39 is 0 Å². The molecular weight excluding hydrogens is 266 g/mol. The average Bonchev–Trinajstić information content (AvgIpc) is 2.45. The molecule has 2 aromatic rings. The van der Waals surface area contributed by atoms with Crippen molar-refractivity contribution in [3.8, 4) is 0 Å². The molecular formula is C17H19NO3. The molecule has 0 aliphatic heterocycles. The highest BCUT2D eigenvalue weighted by molar-refractivity contribution is 5.83. The van der Waals surface area contributed by atoms with Crippen molar-refractivity contribution in [3.63, 3.8) is 0 Å². The van der Waals surface area contributed by atoms with Crippen LogP contribution < -0.4 is 0 Å². The van der Waals surface area contributed by atoms with E-state index in [1.165, 1.54) is 0 Å². The van der Waals surface area contributed by atoms with Crippen LogP contribution in [0.2, 0.25) is 0 Å². The molecule has 2 aromatic carbocycles. The zero-order valence-corrected chi connectivity index (χ0v) is 12.2. The number of carbonyl (C=O) groups is 1. The first kappa shape index (κ1) is 15.2. The zero-order chi connectivity index (χ0) is 15.4. The number of aldehydes is 1. The molecule has 0 amide bonds. The quantitative estimate of drug-likeness (QED) is 0.462. The van der Waals surface area contributed by atoms with Crippen LogP contribution in [-0.4, -0.2) is 17.8 Å². The summed E-state index contributed by atoms with van der Waals surface area (Å²) in [5, 5.41) is 13.1. The number of fused-ring (bicyclic) bond motifs is 1. The molecule has 0 spiro atoms. The van der Waals surface area contributed by atoms with Crippen LogP contribution >= 0.6 is 0 Å². The summed E-state index contributed by atoms with van der Waals surface area (Å²) >= 11 is 0. The molecule has 21 heavy (non-hydrogen) atoms. The number of rotatable bonds is 6. The van der Waals surface area contributed by atoms with Gasteiger partial charge in [0.2, 0.25) is 6.54 Å². The fourth-order valence-electron chi connectivity index (χ4n) is 2.76. The Morgan fingerprint density at radius 1 is 1.14 bits per heavy atom. The summed E-state index contributed by atoms with van der Waals surface area (Å²) in [5.74, 6) is -0.669. The molecule has 0 aliphatic rings.